The van der Waals surface area contributed by atoms with Gasteiger partial charge in [-0.05, 0) is 6.42 Å². The molecule has 0 aromatic rings. The summed E-state index contributed by atoms with van der Waals surface area (Å²) in [4.78, 5) is 11.4. The van der Waals surface area contributed by atoms with Crippen LogP contribution >= 0.6 is 0 Å². The fourth-order valence-corrected chi connectivity index (χ4v) is 2.05. The fraction of sp³-hybridized carbons (Fsp3) is 0.889. The first kappa shape index (κ1) is 8.20. The molecule has 3 heteroatoms. The third-order valence-corrected chi connectivity index (χ3v) is 2.87. The minimum atomic E-state index is -0.546. The number of carbonyl (C=O) groups excluding carboxylic acids is 1. The van der Waals surface area contributed by atoms with E-state index in [1.807, 2.05) is 6.92 Å². The molecule has 2 rings (SSSR count). The summed E-state index contributed by atoms with van der Waals surface area (Å²) >= 11 is 0. The Hall–Kier alpha value is -0.410. The standard InChI is InChI=1S/C9H14O3/c1-7-8(10)3-2-4-9(7)11-5-6-12-9/h7H,2-6H2,1H3. The van der Waals surface area contributed by atoms with Crippen LogP contribution < -0.4 is 0 Å². The first-order valence-corrected chi connectivity index (χ1v) is 4.55. The van der Waals surface area contributed by atoms with Gasteiger partial charge in [-0.2, -0.15) is 0 Å². The van der Waals surface area contributed by atoms with Crippen molar-refractivity contribution in [1.29, 1.82) is 0 Å². The van der Waals surface area contributed by atoms with Gasteiger partial charge in [0, 0.05) is 12.8 Å². The van der Waals surface area contributed by atoms with Crippen LogP contribution in [0.2, 0.25) is 0 Å². The van der Waals surface area contributed by atoms with Crippen LogP contribution in [0.4, 0.5) is 0 Å². The van der Waals surface area contributed by atoms with Crippen molar-refractivity contribution in [2.45, 2.75) is 32.0 Å². The zero-order valence-electron chi connectivity index (χ0n) is 7.34. The number of ether oxygens (including phenoxy) is 2. The maximum absolute atomic E-state index is 11.4. The van der Waals surface area contributed by atoms with Crippen LogP contribution in [0.25, 0.3) is 0 Å². The molecule has 68 valence electrons. The summed E-state index contributed by atoms with van der Waals surface area (Å²) in [7, 11) is 0. The Bertz CT molecular complexity index is 194. The van der Waals surface area contributed by atoms with Crippen molar-refractivity contribution in [3.05, 3.63) is 0 Å². The van der Waals surface area contributed by atoms with Crippen LogP contribution in [0.15, 0.2) is 0 Å². The number of hydrogen-bond donors (Lipinski definition) is 0. The highest BCUT2D eigenvalue weighted by molar-refractivity contribution is 5.82. The molecule has 0 N–H and O–H groups in total. The molecule has 1 atom stereocenters. The Morgan fingerprint density at radius 1 is 1.42 bits per heavy atom. The molecule has 1 unspecified atom stereocenters. The third kappa shape index (κ3) is 1.08. The van der Waals surface area contributed by atoms with Crippen LogP contribution in [-0.2, 0) is 14.3 Å². The molecule has 0 bridgehead atoms. The van der Waals surface area contributed by atoms with Crippen molar-refractivity contribution in [2.75, 3.05) is 13.2 Å². The highest BCUT2D eigenvalue weighted by atomic mass is 16.7. The van der Waals surface area contributed by atoms with Gasteiger partial charge in [0.2, 0.25) is 0 Å². The summed E-state index contributed by atoms with van der Waals surface area (Å²) in [6.45, 7) is 3.18. The molecule has 1 aliphatic carbocycles. The van der Waals surface area contributed by atoms with Crippen LogP contribution in [0.3, 0.4) is 0 Å². The maximum atomic E-state index is 11.4. The monoisotopic (exact) mass is 170 g/mol. The largest absolute Gasteiger partial charge is 0.347 e. The van der Waals surface area contributed by atoms with Crippen molar-refractivity contribution in [3.8, 4) is 0 Å². The summed E-state index contributed by atoms with van der Waals surface area (Å²) < 4.78 is 11.0. The first-order chi connectivity index (χ1) is 5.75. The van der Waals surface area contributed by atoms with Gasteiger partial charge in [0.1, 0.15) is 5.78 Å². The molecule has 2 aliphatic rings. The number of Topliss-reactive ketones (excluding diaryl/α,β-unsaturated/α-hetero) is 1. The van der Waals surface area contributed by atoms with Gasteiger partial charge in [-0.25, -0.2) is 0 Å². The molecule has 2 fully saturated rings. The van der Waals surface area contributed by atoms with E-state index in [0.29, 0.717) is 19.6 Å². The molecule has 12 heavy (non-hydrogen) atoms. The van der Waals surface area contributed by atoms with E-state index >= 15 is 0 Å². The summed E-state index contributed by atoms with van der Waals surface area (Å²) in [6.07, 6.45) is 2.47. The lowest BCUT2D eigenvalue weighted by molar-refractivity contribution is -0.205. The maximum Gasteiger partial charge on any atom is 0.177 e. The topological polar surface area (TPSA) is 35.5 Å². The van der Waals surface area contributed by atoms with E-state index in [2.05, 4.69) is 0 Å². The average molecular weight is 170 g/mol. The smallest absolute Gasteiger partial charge is 0.177 e. The van der Waals surface area contributed by atoms with E-state index < -0.39 is 5.79 Å². The van der Waals surface area contributed by atoms with Gasteiger partial charge in [0.05, 0.1) is 19.1 Å². The quantitative estimate of drug-likeness (QED) is 0.546. The number of ketones is 1. The lowest BCUT2D eigenvalue weighted by Gasteiger charge is -2.36. The molecule has 1 spiro atoms. The van der Waals surface area contributed by atoms with Gasteiger partial charge < -0.3 is 9.47 Å². The molecule has 0 aromatic carbocycles. The minimum absolute atomic E-state index is 0.0752. The van der Waals surface area contributed by atoms with Crippen LogP contribution in [-0.4, -0.2) is 24.8 Å². The van der Waals surface area contributed by atoms with Crippen molar-refractivity contribution < 1.29 is 14.3 Å². The Balaban J connectivity index is 2.17. The van der Waals surface area contributed by atoms with Gasteiger partial charge in [-0.15, -0.1) is 0 Å². The molecule has 0 amide bonds. The van der Waals surface area contributed by atoms with Gasteiger partial charge >= 0.3 is 0 Å². The second-order valence-electron chi connectivity index (χ2n) is 3.55. The lowest BCUT2D eigenvalue weighted by Crippen LogP contribution is -2.45. The number of rotatable bonds is 0. The van der Waals surface area contributed by atoms with E-state index in [0.717, 1.165) is 12.8 Å². The van der Waals surface area contributed by atoms with E-state index in [1.165, 1.54) is 0 Å². The van der Waals surface area contributed by atoms with Gasteiger partial charge in [-0.1, -0.05) is 6.92 Å². The Morgan fingerprint density at radius 2 is 2.08 bits per heavy atom. The van der Waals surface area contributed by atoms with Crippen molar-refractivity contribution >= 4 is 5.78 Å². The van der Waals surface area contributed by atoms with Gasteiger partial charge in [0.15, 0.2) is 5.79 Å². The van der Waals surface area contributed by atoms with Crippen LogP contribution in [0.5, 0.6) is 0 Å². The van der Waals surface area contributed by atoms with E-state index in [-0.39, 0.29) is 11.7 Å². The SMILES string of the molecule is CC1C(=O)CCCC12OCCO2. The molecule has 1 saturated carbocycles. The summed E-state index contributed by atoms with van der Waals surface area (Å²) in [5.74, 6) is -0.341. The zero-order chi connectivity index (χ0) is 8.60. The van der Waals surface area contributed by atoms with Gasteiger partial charge in [-0.3, -0.25) is 4.79 Å². The molecule has 1 aliphatic heterocycles. The predicted octanol–water partition coefficient (Wildman–Crippen LogP) is 1.12. The fourth-order valence-electron chi connectivity index (χ4n) is 2.05. The van der Waals surface area contributed by atoms with E-state index in [9.17, 15) is 4.79 Å². The number of carbonyl (C=O) groups is 1. The molecule has 1 saturated heterocycles. The molecule has 3 nitrogen and oxygen atoms in total. The first-order valence-electron chi connectivity index (χ1n) is 4.55. The Labute approximate surface area is 72.0 Å². The average Bonchev–Trinajstić information content (AvgIpc) is 2.50. The minimum Gasteiger partial charge on any atom is -0.347 e. The molecular weight excluding hydrogens is 156 g/mol. The van der Waals surface area contributed by atoms with Crippen molar-refractivity contribution in [2.24, 2.45) is 5.92 Å². The molecule has 0 aromatic heterocycles. The van der Waals surface area contributed by atoms with Crippen molar-refractivity contribution in [3.63, 3.8) is 0 Å². The summed E-state index contributed by atoms with van der Waals surface area (Å²) in [5.41, 5.74) is 0. The molecule has 0 radical (unpaired) electrons. The van der Waals surface area contributed by atoms with E-state index in [1.54, 1.807) is 0 Å². The second-order valence-corrected chi connectivity index (χ2v) is 3.55. The highest BCUT2D eigenvalue weighted by Crippen LogP contribution is 2.38. The zero-order valence-corrected chi connectivity index (χ0v) is 7.34. The third-order valence-electron chi connectivity index (χ3n) is 2.87. The normalized spacial score (nSPS) is 34.4. The van der Waals surface area contributed by atoms with Crippen LogP contribution in [0.1, 0.15) is 26.2 Å². The summed E-state index contributed by atoms with van der Waals surface area (Å²) in [5, 5.41) is 0. The Kier molecular flexibility index (Phi) is 1.93. The Morgan fingerprint density at radius 3 is 2.75 bits per heavy atom. The second kappa shape index (κ2) is 2.82. The number of hydrogen-bond acceptors (Lipinski definition) is 3. The molecular formula is C9H14O3. The predicted molar refractivity (Wildman–Crippen MR) is 42.7 cm³/mol. The molecule has 1 heterocycles. The van der Waals surface area contributed by atoms with Crippen molar-refractivity contribution in [1.82, 2.24) is 0 Å². The lowest BCUT2D eigenvalue weighted by atomic mass is 9.83. The van der Waals surface area contributed by atoms with Crippen LogP contribution in [0, 0.1) is 5.92 Å². The van der Waals surface area contributed by atoms with Gasteiger partial charge in [0.25, 0.3) is 0 Å². The van der Waals surface area contributed by atoms with E-state index in [4.69, 9.17) is 9.47 Å². The summed E-state index contributed by atoms with van der Waals surface area (Å²) in [6, 6.07) is 0. The highest BCUT2D eigenvalue weighted by Gasteiger charge is 2.47.